The van der Waals surface area contributed by atoms with Gasteiger partial charge in [0.1, 0.15) is 0 Å². The topological polar surface area (TPSA) is 49.3 Å². The van der Waals surface area contributed by atoms with E-state index in [1.165, 1.54) is 10.4 Å². The number of aliphatic hydroxyl groups is 1. The highest BCUT2D eigenvalue weighted by atomic mass is 32.2. The van der Waals surface area contributed by atoms with Crippen LogP contribution in [0.2, 0.25) is 0 Å². The van der Waals surface area contributed by atoms with Gasteiger partial charge >= 0.3 is 0 Å². The third kappa shape index (κ3) is 3.52. The van der Waals surface area contributed by atoms with Crippen molar-refractivity contribution in [3.63, 3.8) is 0 Å². The number of hydrogen-bond acceptors (Lipinski definition) is 4. The Hall–Kier alpha value is -0.520. The van der Waals surface area contributed by atoms with Gasteiger partial charge in [-0.2, -0.15) is 11.8 Å². The Labute approximate surface area is 122 Å². The van der Waals surface area contributed by atoms with Crippen molar-refractivity contribution in [3.8, 4) is 0 Å². The van der Waals surface area contributed by atoms with Crippen molar-refractivity contribution in [2.24, 2.45) is 0 Å². The molecule has 5 heteroatoms. The molecule has 1 amide bonds. The molecule has 1 aliphatic heterocycles. The predicted molar refractivity (Wildman–Crippen MR) is 82.1 cm³/mol. The third-order valence-corrected chi connectivity index (χ3v) is 5.99. The van der Waals surface area contributed by atoms with Crippen molar-refractivity contribution in [2.45, 2.75) is 44.5 Å². The van der Waals surface area contributed by atoms with E-state index in [1.807, 2.05) is 31.7 Å². The van der Waals surface area contributed by atoms with E-state index in [1.54, 1.807) is 11.3 Å². The largest absolute Gasteiger partial charge is 0.388 e. The molecule has 2 N–H and O–H groups in total. The molecule has 0 radical (unpaired) electrons. The SMILES string of the molecule is CCC(O)(CC)CNC(=O)c1cc2c(s1)CCSC2. The molecule has 0 unspecified atom stereocenters. The zero-order valence-corrected chi connectivity index (χ0v) is 13.1. The highest BCUT2D eigenvalue weighted by Crippen LogP contribution is 2.31. The number of nitrogens with one attached hydrogen (secondary N) is 1. The number of carbonyl (C=O) groups is 1. The van der Waals surface area contributed by atoms with Crippen molar-refractivity contribution in [3.05, 3.63) is 21.4 Å². The lowest BCUT2D eigenvalue weighted by Crippen LogP contribution is -2.41. The van der Waals surface area contributed by atoms with Crippen LogP contribution in [-0.2, 0) is 12.2 Å². The summed E-state index contributed by atoms with van der Waals surface area (Å²) < 4.78 is 0. The first-order chi connectivity index (χ1) is 9.08. The second kappa shape index (κ2) is 6.29. The molecular formula is C14H21NO2S2. The monoisotopic (exact) mass is 299 g/mol. The molecule has 1 aromatic heterocycles. The van der Waals surface area contributed by atoms with E-state index in [0.717, 1.165) is 22.8 Å². The Morgan fingerprint density at radius 1 is 1.47 bits per heavy atom. The third-order valence-electron chi connectivity index (χ3n) is 3.75. The molecule has 0 bridgehead atoms. The second-order valence-electron chi connectivity index (χ2n) is 4.98. The molecule has 1 aromatic rings. The lowest BCUT2D eigenvalue weighted by Gasteiger charge is -2.25. The van der Waals surface area contributed by atoms with Crippen LogP contribution in [0.1, 0.15) is 46.8 Å². The molecule has 3 nitrogen and oxygen atoms in total. The van der Waals surface area contributed by atoms with Gasteiger partial charge in [-0.05, 0) is 36.6 Å². The van der Waals surface area contributed by atoms with Gasteiger partial charge in [0, 0.05) is 17.2 Å². The van der Waals surface area contributed by atoms with Gasteiger partial charge in [0.05, 0.1) is 10.5 Å². The minimum Gasteiger partial charge on any atom is -0.388 e. The highest BCUT2D eigenvalue weighted by Gasteiger charge is 2.24. The number of thiophene rings is 1. The van der Waals surface area contributed by atoms with Gasteiger partial charge < -0.3 is 10.4 Å². The Morgan fingerprint density at radius 3 is 2.84 bits per heavy atom. The molecule has 19 heavy (non-hydrogen) atoms. The molecule has 1 aliphatic rings. The number of hydrogen-bond donors (Lipinski definition) is 2. The predicted octanol–water partition coefficient (Wildman–Crippen LogP) is 2.82. The summed E-state index contributed by atoms with van der Waals surface area (Å²) in [6, 6.07) is 2.01. The van der Waals surface area contributed by atoms with Crippen LogP contribution < -0.4 is 5.32 Å². The molecular weight excluding hydrogens is 278 g/mol. The van der Waals surface area contributed by atoms with Crippen LogP contribution in [0, 0.1) is 0 Å². The summed E-state index contributed by atoms with van der Waals surface area (Å²) in [4.78, 5) is 14.3. The van der Waals surface area contributed by atoms with Crippen LogP contribution in [0.15, 0.2) is 6.07 Å². The van der Waals surface area contributed by atoms with Gasteiger partial charge in [-0.25, -0.2) is 0 Å². The number of thioether (sulfide) groups is 1. The summed E-state index contributed by atoms with van der Waals surface area (Å²) in [6.07, 6.45) is 2.38. The van der Waals surface area contributed by atoms with Gasteiger partial charge in [0.15, 0.2) is 0 Å². The molecule has 0 aromatic carbocycles. The fraction of sp³-hybridized carbons (Fsp3) is 0.643. The molecule has 0 spiro atoms. The average Bonchev–Trinajstić information content (AvgIpc) is 2.88. The molecule has 0 atom stereocenters. The Balaban J connectivity index is 1.98. The van der Waals surface area contributed by atoms with Crippen LogP contribution in [0.5, 0.6) is 0 Å². The van der Waals surface area contributed by atoms with E-state index in [2.05, 4.69) is 5.32 Å². The molecule has 106 valence electrons. The maximum absolute atomic E-state index is 12.1. The Morgan fingerprint density at radius 2 is 2.21 bits per heavy atom. The maximum atomic E-state index is 12.1. The summed E-state index contributed by atoms with van der Waals surface area (Å²) in [5.41, 5.74) is 0.537. The molecule has 0 saturated heterocycles. The fourth-order valence-electron chi connectivity index (χ4n) is 2.09. The molecule has 2 heterocycles. The number of amides is 1. The van der Waals surface area contributed by atoms with Crippen molar-refractivity contribution in [1.29, 1.82) is 0 Å². The van der Waals surface area contributed by atoms with Crippen molar-refractivity contribution in [1.82, 2.24) is 5.32 Å². The summed E-state index contributed by atoms with van der Waals surface area (Å²) in [7, 11) is 0. The van der Waals surface area contributed by atoms with Crippen molar-refractivity contribution < 1.29 is 9.90 Å². The lowest BCUT2D eigenvalue weighted by molar-refractivity contribution is 0.0314. The fourth-order valence-corrected chi connectivity index (χ4v) is 4.38. The lowest BCUT2D eigenvalue weighted by atomic mass is 9.98. The summed E-state index contributed by atoms with van der Waals surface area (Å²) in [5.74, 6) is 2.12. The van der Waals surface area contributed by atoms with Crippen molar-refractivity contribution in [2.75, 3.05) is 12.3 Å². The summed E-state index contributed by atoms with van der Waals surface area (Å²) >= 11 is 3.52. The number of aryl methyl sites for hydroxylation is 1. The quantitative estimate of drug-likeness (QED) is 0.879. The first kappa shape index (κ1) is 14.9. The van der Waals surface area contributed by atoms with Gasteiger partial charge in [-0.1, -0.05) is 13.8 Å². The Bertz CT molecular complexity index is 429. The zero-order chi connectivity index (χ0) is 13.9. The van der Waals surface area contributed by atoms with Crippen molar-refractivity contribution >= 4 is 29.0 Å². The number of rotatable bonds is 5. The van der Waals surface area contributed by atoms with E-state index in [-0.39, 0.29) is 5.91 Å². The normalized spacial score (nSPS) is 15.1. The van der Waals surface area contributed by atoms with Gasteiger partial charge in [0.2, 0.25) is 0 Å². The second-order valence-corrected chi connectivity index (χ2v) is 7.22. The summed E-state index contributed by atoms with van der Waals surface area (Å²) in [5, 5.41) is 13.0. The van der Waals surface area contributed by atoms with Crippen LogP contribution in [0.4, 0.5) is 0 Å². The first-order valence-corrected chi connectivity index (χ1v) is 8.75. The minimum absolute atomic E-state index is 0.0512. The highest BCUT2D eigenvalue weighted by molar-refractivity contribution is 7.98. The number of fused-ring (bicyclic) bond motifs is 1. The molecule has 2 rings (SSSR count). The van der Waals surface area contributed by atoms with E-state index in [0.29, 0.717) is 19.4 Å². The van der Waals surface area contributed by atoms with Gasteiger partial charge in [-0.15, -0.1) is 11.3 Å². The molecule has 0 aliphatic carbocycles. The smallest absolute Gasteiger partial charge is 0.261 e. The van der Waals surface area contributed by atoms with E-state index < -0.39 is 5.60 Å². The van der Waals surface area contributed by atoms with E-state index >= 15 is 0 Å². The van der Waals surface area contributed by atoms with E-state index in [4.69, 9.17) is 0 Å². The van der Waals surface area contributed by atoms with Crippen LogP contribution in [0.25, 0.3) is 0 Å². The minimum atomic E-state index is -0.775. The molecule has 0 fully saturated rings. The molecule has 0 saturated carbocycles. The maximum Gasteiger partial charge on any atom is 0.261 e. The van der Waals surface area contributed by atoms with Crippen LogP contribution in [0.3, 0.4) is 0 Å². The summed E-state index contributed by atoms with van der Waals surface area (Å²) in [6.45, 7) is 4.21. The van der Waals surface area contributed by atoms with E-state index in [9.17, 15) is 9.90 Å². The number of carbonyl (C=O) groups excluding carboxylic acids is 1. The van der Waals surface area contributed by atoms with Crippen LogP contribution >= 0.6 is 23.1 Å². The van der Waals surface area contributed by atoms with Gasteiger partial charge in [-0.3, -0.25) is 4.79 Å². The standard InChI is InChI=1S/C14H21NO2S2/c1-3-14(17,4-2)9-15-13(16)12-7-10-8-18-6-5-11(10)19-12/h7,17H,3-6,8-9H2,1-2H3,(H,15,16). The average molecular weight is 299 g/mol. The Kier molecular flexibility index (Phi) is 4.92. The van der Waals surface area contributed by atoms with Gasteiger partial charge in [0.25, 0.3) is 5.91 Å². The zero-order valence-electron chi connectivity index (χ0n) is 11.5. The van der Waals surface area contributed by atoms with Crippen LogP contribution in [-0.4, -0.2) is 28.9 Å². The first-order valence-electron chi connectivity index (χ1n) is 6.78.